The smallest absolute Gasteiger partial charge is 0.267 e. The summed E-state index contributed by atoms with van der Waals surface area (Å²) in [5.74, 6) is -0.240. The third kappa shape index (κ3) is 3.64. The molecule has 2 N–H and O–H groups in total. The van der Waals surface area contributed by atoms with Crippen LogP contribution in [0.2, 0.25) is 0 Å². The second-order valence-electron chi connectivity index (χ2n) is 5.74. The van der Waals surface area contributed by atoms with E-state index >= 15 is 0 Å². The van der Waals surface area contributed by atoms with E-state index < -0.39 is 0 Å². The molecule has 22 heavy (non-hydrogen) atoms. The number of benzene rings is 1. The number of rotatable bonds is 5. The first-order valence-electron chi connectivity index (χ1n) is 7.42. The predicted octanol–water partition coefficient (Wildman–Crippen LogP) is 3.12. The van der Waals surface area contributed by atoms with Crippen molar-refractivity contribution in [1.82, 2.24) is 10.3 Å². The molecule has 0 aliphatic heterocycles. The summed E-state index contributed by atoms with van der Waals surface area (Å²) in [7, 11) is 0. The van der Waals surface area contributed by atoms with Gasteiger partial charge in [-0.15, -0.1) is 0 Å². The SMILES string of the molecule is CC(=O)c1c[nH]c(C(=O)NCCc2c(C)cc(C)cc2C)c1. The van der Waals surface area contributed by atoms with E-state index in [1.165, 1.54) is 29.2 Å². The predicted molar refractivity (Wildman–Crippen MR) is 87.5 cm³/mol. The second kappa shape index (κ2) is 6.60. The van der Waals surface area contributed by atoms with Crippen molar-refractivity contribution in [1.29, 1.82) is 0 Å². The summed E-state index contributed by atoms with van der Waals surface area (Å²) in [6.45, 7) is 8.33. The summed E-state index contributed by atoms with van der Waals surface area (Å²) >= 11 is 0. The van der Waals surface area contributed by atoms with E-state index in [-0.39, 0.29) is 11.7 Å². The standard InChI is InChI=1S/C18H22N2O2/c1-11-7-12(2)16(13(3)8-11)5-6-19-18(22)17-9-15(10-20-17)14(4)21/h7-10,20H,5-6H2,1-4H3,(H,19,22). The zero-order chi connectivity index (χ0) is 16.3. The number of Topliss-reactive ketones (excluding diaryl/α,β-unsaturated/α-hetero) is 1. The highest BCUT2D eigenvalue weighted by molar-refractivity contribution is 5.99. The van der Waals surface area contributed by atoms with E-state index in [0.29, 0.717) is 17.8 Å². The molecule has 0 radical (unpaired) electrons. The van der Waals surface area contributed by atoms with E-state index in [0.717, 1.165) is 6.42 Å². The molecule has 2 aromatic rings. The Morgan fingerprint density at radius 1 is 1.09 bits per heavy atom. The molecule has 0 saturated heterocycles. The summed E-state index contributed by atoms with van der Waals surface area (Å²) in [4.78, 5) is 26.1. The molecule has 2 rings (SSSR count). The zero-order valence-corrected chi connectivity index (χ0v) is 13.5. The molecule has 1 amide bonds. The van der Waals surface area contributed by atoms with E-state index in [9.17, 15) is 9.59 Å². The maximum atomic E-state index is 12.0. The maximum Gasteiger partial charge on any atom is 0.267 e. The molecule has 4 heteroatoms. The van der Waals surface area contributed by atoms with E-state index in [1.54, 1.807) is 12.3 Å². The number of nitrogens with one attached hydrogen (secondary N) is 2. The third-order valence-corrected chi connectivity index (χ3v) is 3.84. The van der Waals surface area contributed by atoms with Crippen molar-refractivity contribution in [2.75, 3.05) is 6.54 Å². The van der Waals surface area contributed by atoms with Gasteiger partial charge in [0.1, 0.15) is 5.69 Å². The molecule has 4 nitrogen and oxygen atoms in total. The van der Waals surface area contributed by atoms with Gasteiger partial charge in [-0.3, -0.25) is 9.59 Å². The van der Waals surface area contributed by atoms with Crippen molar-refractivity contribution in [3.05, 3.63) is 57.9 Å². The molecule has 0 spiro atoms. The Morgan fingerprint density at radius 2 is 1.73 bits per heavy atom. The van der Waals surface area contributed by atoms with Gasteiger partial charge in [-0.25, -0.2) is 0 Å². The number of aromatic nitrogens is 1. The minimum atomic E-state index is -0.185. The van der Waals surface area contributed by atoms with Crippen LogP contribution in [0.1, 0.15) is 50.0 Å². The van der Waals surface area contributed by atoms with Crippen LogP contribution < -0.4 is 5.32 Å². The summed E-state index contributed by atoms with van der Waals surface area (Å²) in [5.41, 5.74) is 5.99. The molecule has 1 aromatic carbocycles. The summed E-state index contributed by atoms with van der Waals surface area (Å²) < 4.78 is 0. The number of amides is 1. The van der Waals surface area contributed by atoms with Gasteiger partial charge in [0.2, 0.25) is 0 Å². The molecular weight excluding hydrogens is 276 g/mol. The highest BCUT2D eigenvalue weighted by Gasteiger charge is 2.11. The highest BCUT2D eigenvalue weighted by atomic mass is 16.2. The van der Waals surface area contributed by atoms with Gasteiger partial charge in [0.05, 0.1) is 0 Å². The van der Waals surface area contributed by atoms with Crippen molar-refractivity contribution >= 4 is 11.7 Å². The van der Waals surface area contributed by atoms with Gasteiger partial charge < -0.3 is 10.3 Å². The van der Waals surface area contributed by atoms with E-state index in [1.807, 2.05) is 0 Å². The number of H-pyrrole nitrogens is 1. The van der Waals surface area contributed by atoms with Crippen LogP contribution in [-0.2, 0) is 6.42 Å². The summed E-state index contributed by atoms with van der Waals surface area (Å²) in [6, 6.07) is 5.91. The lowest BCUT2D eigenvalue weighted by Gasteiger charge is -2.11. The lowest BCUT2D eigenvalue weighted by atomic mass is 9.97. The molecule has 116 valence electrons. The van der Waals surface area contributed by atoms with Crippen LogP contribution in [0.25, 0.3) is 0 Å². The number of aryl methyl sites for hydroxylation is 3. The van der Waals surface area contributed by atoms with E-state index in [2.05, 4.69) is 43.2 Å². The van der Waals surface area contributed by atoms with Crippen LogP contribution in [0.3, 0.4) is 0 Å². The first-order valence-corrected chi connectivity index (χ1v) is 7.42. The van der Waals surface area contributed by atoms with Crippen LogP contribution >= 0.6 is 0 Å². The number of carbonyl (C=O) groups is 2. The van der Waals surface area contributed by atoms with Crippen molar-refractivity contribution in [2.24, 2.45) is 0 Å². The van der Waals surface area contributed by atoms with Crippen LogP contribution in [0.4, 0.5) is 0 Å². The highest BCUT2D eigenvalue weighted by Crippen LogP contribution is 2.16. The number of carbonyl (C=O) groups excluding carboxylic acids is 2. The molecule has 0 aliphatic carbocycles. The minimum Gasteiger partial charge on any atom is -0.356 e. The Bertz CT molecular complexity index is 691. The molecule has 0 saturated carbocycles. The Balaban J connectivity index is 1.96. The van der Waals surface area contributed by atoms with Crippen LogP contribution in [0.5, 0.6) is 0 Å². The Kier molecular flexibility index (Phi) is 4.81. The Labute approximate surface area is 130 Å². The number of hydrogen-bond acceptors (Lipinski definition) is 2. The lowest BCUT2D eigenvalue weighted by molar-refractivity contribution is 0.0949. The van der Waals surface area contributed by atoms with Crippen molar-refractivity contribution in [2.45, 2.75) is 34.1 Å². The van der Waals surface area contributed by atoms with Gasteiger partial charge in [0.15, 0.2) is 5.78 Å². The molecule has 0 fully saturated rings. The van der Waals surface area contributed by atoms with Gasteiger partial charge in [0, 0.05) is 18.3 Å². The summed E-state index contributed by atoms with van der Waals surface area (Å²) in [6.07, 6.45) is 2.36. The number of ketones is 1. The first-order chi connectivity index (χ1) is 10.4. The molecule has 1 heterocycles. The van der Waals surface area contributed by atoms with Crippen molar-refractivity contribution in [3.63, 3.8) is 0 Å². The molecule has 0 bridgehead atoms. The van der Waals surface area contributed by atoms with Gasteiger partial charge >= 0.3 is 0 Å². The van der Waals surface area contributed by atoms with Crippen molar-refractivity contribution in [3.8, 4) is 0 Å². The van der Waals surface area contributed by atoms with Crippen LogP contribution in [0.15, 0.2) is 24.4 Å². The van der Waals surface area contributed by atoms with Crippen LogP contribution in [0, 0.1) is 20.8 Å². The lowest BCUT2D eigenvalue weighted by Crippen LogP contribution is -2.26. The monoisotopic (exact) mass is 298 g/mol. The van der Waals surface area contributed by atoms with Gasteiger partial charge in [-0.1, -0.05) is 17.7 Å². The average molecular weight is 298 g/mol. The Hall–Kier alpha value is -2.36. The minimum absolute atomic E-state index is 0.0544. The molecule has 0 atom stereocenters. The molecular formula is C18H22N2O2. The van der Waals surface area contributed by atoms with Crippen LogP contribution in [-0.4, -0.2) is 23.2 Å². The number of hydrogen-bond donors (Lipinski definition) is 2. The second-order valence-corrected chi connectivity index (χ2v) is 5.74. The third-order valence-electron chi connectivity index (χ3n) is 3.84. The molecule has 0 unspecified atom stereocenters. The van der Waals surface area contributed by atoms with Gasteiger partial charge in [0.25, 0.3) is 5.91 Å². The van der Waals surface area contributed by atoms with Gasteiger partial charge in [-0.05, 0) is 56.9 Å². The average Bonchev–Trinajstić information content (AvgIpc) is 2.91. The quantitative estimate of drug-likeness (QED) is 0.833. The fourth-order valence-corrected chi connectivity index (χ4v) is 2.73. The molecule has 0 aliphatic rings. The largest absolute Gasteiger partial charge is 0.356 e. The number of aromatic amines is 1. The van der Waals surface area contributed by atoms with Crippen molar-refractivity contribution < 1.29 is 9.59 Å². The topological polar surface area (TPSA) is 62.0 Å². The maximum absolute atomic E-state index is 12.0. The Morgan fingerprint density at radius 3 is 2.27 bits per heavy atom. The zero-order valence-electron chi connectivity index (χ0n) is 13.5. The first kappa shape index (κ1) is 16.0. The normalized spacial score (nSPS) is 10.5. The van der Waals surface area contributed by atoms with E-state index in [4.69, 9.17) is 0 Å². The molecule has 1 aromatic heterocycles. The fraction of sp³-hybridized carbons (Fsp3) is 0.333. The fourth-order valence-electron chi connectivity index (χ4n) is 2.73. The summed E-state index contributed by atoms with van der Waals surface area (Å²) in [5, 5.41) is 2.89. The van der Waals surface area contributed by atoms with Gasteiger partial charge in [-0.2, -0.15) is 0 Å².